The first-order valence-corrected chi connectivity index (χ1v) is 6.83. The van der Waals surface area contributed by atoms with Crippen molar-refractivity contribution in [1.82, 2.24) is 5.32 Å². The van der Waals surface area contributed by atoms with E-state index in [1.54, 1.807) is 14.0 Å². The Morgan fingerprint density at radius 2 is 2.05 bits per heavy atom. The van der Waals surface area contributed by atoms with Crippen LogP contribution in [0, 0.1) is 24.5 Å². The van der Waals surface area contributed by atoms with Gasteiger partial charge in [0.25, 0.3) is 0 Å². The van der Waals surface area contributed by atoms with Gasteiger partial charge >= 0.3 is 0 Å². The summed E-state index contributed by atoms with van der Waals surface area (Å²) in [7, 11) is 1.72. The second-order valence-corrected chi connectivity index (χ2v) is 5.12. The van der Waals surface area contributed by atoms with Gasteiger partial charge < -0.3 is 10.1 Å². The first kappa shape index (κ1) is 14.4. The van der Waals surface area contributed by atoms with Crippen LogP contribution in [0.2, 0.25) is 0 Å². The minimum Gasteiger partial charge on any atom is -0.376 e. The third-order valence-corrected chi connectivity index (χ3v) is 3.72. The number of rotatable bonds is 6. The number of likely N-dealkylation sites (N-methyl/N-ethyl adjacent to an activating group) is 1. The number of nitrogens with one attached hydrogen (secondary N) is 1. The normalized spacial score (nSPS) is 18.4. The molecule has 0 aromatic heterocycles. The first-order valence-electron chi connectivity index (χ1n) is 6.83. The number of hydrogen-bond acceptors (Lipinski definition) is 2. The Morgan fingerprint density at radius 1 is 1.37 bits per heavy atom. The second kappa shape index (κ2) is 5.97. The lowest BCUT2D eigenvalue weighted by Gasteiger charge is -2.28. The number of benzene rings is 1. The fraction of sp³-hybridized carbons (Fsp3) is 0.600. The maximum Gasteiger partial charge on any atom is 0.133 e. The van der Waals surface area contributed by atoms with Crippen molar-refractivity contribution in [3.63, 3.8) is 0 Å². The molecule has 4 heteroatoms. The van der Waals surface area contributed by atoms with Crippen molar-refractivity contribution in [3.8, 4) is 0 Å². The molecule has 0 radical (unpaired) electrons. The number of hydrogen-bond donors (Lipinski definition) is 1. The summed E-state index contributed by atoms with van der Waals surface area (Å²) >= 11 is 0. The summed E-state index contributed by atoms with van der Waals surface area (Å²) in [6.45, 7) is 4.11. The van der Waals surface area contributed by atoms with E-state index < -0.39 is 17.7 Å². The van der Waals surface area contributed by atoms with Crippen molar-refractivity contribution in [2.45, 2.75) is 38.8 Å². The highest BCUT2D eigenvalue weighted by Crippen LogP contribution is 2.41. The van der Waals surface area contributed by atoms with E-state index in [-0.39, 0.29) is 11.7 Å². The van der Waals surface area contributed by atoms with Gasteiger partial charge in [0.15, 0.2) is 0 Å². The Balaban J connectivity index is 2.37. The molecule has 0 aliphatic heterocycles. The number of ether oxygens (including phenoxy) is 1. The number of aryl methyl sites for hydroxylation is 1. The van der Waals surface area contributed by atoms with Crippen molar-refractivity contribution in [2.75, 3.05) is 13.7 Å². The van der Waals surface area contributed by atoms with E-state index in [9.17, 15) is 8.78 Å². The van der Waals surface area contributed by atoms with Gasteiger partial charge in [-0.3, -0.25) is 0 Å². The summed E-state index contributed by atoms with van der Waals surface area (Å²) in [6, 6.07) is 2.36. The van der Waals surface area contributed by atoms with Gasteiger partial charge in [-0.2, -0.15) is 0 Å². The average molecular weight is 269 g/mol. The Hall–Kier alpha value is -1.00. The van der Waals surface area contributed by atoms with E-state index in [0.29, 0.717) is 18.1 Å². The Labute approximate surface area is 113 Å². The van der Waals surface area contributed by atoms with Gasteiger partial charge in [-0.05, 0) is 51.3 Å². The maximum absolute atomic E-state index is 14.2. The van der Waals surface area contributed by atoms with E-state index in [0.717, 1.165) is 12.8 Å². The Bertz CT molecular complexity index is 446. The molecule has 2 nitrogen and oxygen atoms in total. The quantitative estimate of drug-likeness (QED) is 0.855. The fourth-order valence-electron chi connectivity index (χ4n) is 2.56. The SMILES string of the molecule is CCOC(C1CC1)C(NC)c1c(F)ccc(C)c1F. The predicted molar refractivity (Wildman–Crippen MR) is 71.0 cm³/mol. The van der Waals surface area contributed by atoms with Crippen LogP contribution in [0.4, 0.5) is 8.78 Å². The van der Waals surface area contributed by atoms with Gasteiger partial charge in [-0.15, -0.1) is 0 Å². The molecule has 0 spiro atoms. The molecule has 1 aromatic rings. The monoisotopic (exact) mass is 269 g/mol. The summed E-state index contributed by atoms with van der Waals surface area (Å²) < 4.78 is 34.0. The van der Waals surface area contributed by atoms with Gasteiger partial charge in [0.1, 0.15) is 11.6 Å². The molecule has 19 heavy (non-hydrogen) atoms. The standard InChI is InChI=1S/C15H21F2NO/c1-4-19-15(10-6-7-10)14(18-3)12-11(16)8-5-9(2)13(12)17/h5,8,10,14-15,18H,4,6-7H2,1-3H3. The molecular formula is C15H21F2NO. The Morgan fingerprint density at radius 3 is 2.58 bits per heavy atom. The van der Waals surface area contributed by atoms with Crippen molar-refractivity contribution in [3.05, 3.63) is 34.9 Å². The first-order chi connectivity index (χ1) is 9.10. The van der Waals surface area contributed by atoms with Crippen LogP contribution in [-0.2, 0) is 4.74 Å². The zero-order valence-electron chi connectivity index (χ0n) is 11.7. The molecule has 0 bridgehead atoms. The molecule has 2 unspecified atom stereocenters. The van der Waals surface area contributed by atoms with Crippen molar-refractivity contribution >= 4 is 0 Å². The van der Waals surface area contributed by atoms with Gasteiger partial charge in [-0.1, -0.05) is 6.07 Å². The van der Waals surface area contributed by atoms with Crippen molar-refractivity contribution in [2.24, 2.45) is 5.92 Å². The highest BCUT2D eigenvalue weighted by atomic mass is 19.1. The van der Waals surface area contributed by atoms with Crippen LogP contribution < -0.4 is 5.32 Å². The lowest BCUT2D eigenvalue weighted by atomic mass is 9.95. The predicted octanol–water partition coefficient (Wildman–Crippen LogP) is 3.35. The van der Waals surface area contributed by atoms with Gasteiger partial charge in [0.2, 0.25) is 0 Å². The highest BCUT2D eigenvalue weighted by molar-refractivity contribution is 5.30. The summed E-state index contributed by atoms with van der Waals surface area (Å²) in [5.41, 5.74) is 0.565. The average Bonchev–Trinajstić information content (AvgIpc) is 3.21. The Kier molecular flexibility index (Phi) is 4.53. The molecule has 1 aromatic carbocycles. The van der Waals surface area contributed by atoms with E-state index in [1.807, 2.05) is 6.92 Å². The van der Waals surface area contributed by atoms with Crippen LogP contribution in [0.25, 0.3) is 0 Å². The minimum atomic E-state index is -0.507. The van der Waals surface area contributed by atoms with Gasteiger partial charge in [0, 0.05) is 12.2 Å². The molecule has 2 rings (SSSR count). The molecule has 0 saturated heterocycles. The largest absolute Gasteiger partial charge is 0.376 e. The number of halogens is 2. The molecule has 1 saturated carbocycles. The molecule has 1 aliphatic carbocycles. The third-order valence-electron chi connectivity index (χ3n) is 3.72. The zero-order valence-corrected chi connectivity index (χ0v) is 11.7. The second-order valence-electron chi connectivity index (χ2n) is 5.12. The molecular weight excluding hydrogens is 248 g/mol. The van der Waals surface area contributed by atoms with Crippen LogP contribution >= 0.6 is 0 Å². The molecule has 1 fully saturated rings. The van der Waals surface area contributed by atoms with Gasteiger partial charge in [0.05, 0.1) is 12.1 Å². The summed E-state index contributed by atoms with van der Waals surface area (Å²) in [5.74, 6) is -0.575. The summed E-state index contributed by atoms with van der Waals surface area (Å²) in [4.78, 5) is 0. The van der Waals surface area contributed by atoms with E-state index in [4.69, 9.17) is 4.74 Å². The molecule has 0 amide bonds. The van der Waals surface area contributed by atoms with Crippen molar-refractivity contribution in [1.29, 1.82) is 0 Å². The third kappa shape index (κ3) is 2.95. The fourth-order valence-corrected chi connectivity index (χ4v) is 2.56. The molecule has 0 heterocycles. The van der Waals surface area contributed by atoms with E-state index >= 15 is 0 Å². The summed E-state index contributed by atoms with van der Waals surface area (Å²) in [5, 5.41) is 3.03. The van der Waals surface area contributed by atoms with E-state index in [1.165, 1.54) is 12.1 Å². The van der Waals surface area contributed by atoms with Crippen LogP contribution in [0.3, 0.4) is 0 Å². The minimum absolute atomic E-state index is 0.104. The molecule has 1 N–H and O–H groups in total. The van der Waals surface area contributed by atoms with Crippen LogP contribution in [-0.4, -0.2) is 19.8 Å². The lowest BCUT2D eigenvalue weighted by Crippen LogP contribution is -2.35. The van der Waals surface area contributed by atoms with Crippen LogP contribution in [0.5, 0.6) is 0 Å². The molecule has 106 valence electrons. The molecule has 2 atom stereocenters. The van der Waals surface area contributed by atoms with Crippen LogP contribution in [0.1, 0.15) is 36.9 Å². The smallest absolute Gasteiger partial charge is 0.133 e. The van der Waals surface area contributed by atoms with Crippen LogP contribution in [0.15, 0.2) is 12.1 Å². The lowest BCUT2D eigenvalue weighted by molar-refractivity contribution is 0.0187. The van der Waals surface area contributed by atoms with E-state index in [2.05, 4.69) is 5.32 Å². The van der Waals surface area contributed by atoms with Gasteiger partial charge in [-0.25, -0.2) is 8.78 Å². The zero-order chi connectivity index (χ0) is 14.0. The van der Waals surface area contributed by atoms with Crippen molar-refractivity contribution < 1.29 is 13.5 Å². The maximum atomic E-state index is 14.2. The topological polar surface area (TPSA) is 21.3 Å². The highest BCUT2D eigenvalue weighted by Gasteiger charge is 2.39. The molecule has 1 aliphatic rings. The summed E-state index contributed by atoms with van der Waals surface area (Å²) in [6.07, 6.45) is 1.97.